The molecule has 140 valence electrons. The van der Waals surface area contributed by atoms with Crippen molar-refractivity contribution < 1.29 is 13.2 Å². The lowest BCUT2D eigenvalue weighted by Crippen LogP contribution is -2.36. The average Bonchev–Trinajstić information content (AvgIpc) is 2.58. The number of benzene rings is 2. The molecule has 7 heteroatoms. The molecule has 26 heavy (non-hydrogen) atoms. The Kier molecular flexibility index (Phi) is 6.47. The van der Waals surface area contributed by atoms with Gasteiger partial charge in [-0.25, -0.2) is 8.42 Å². The van der Waals surface area contributed by atoms with Crippen LogP contribution >= 0.6 is 15.9 Å². The number of nitrogens with one attached hydrogen (secondary N) is 2. The number of carbonyl (C=O) groups excluding carboxylic acids is 1. The molecular weight excluding hydrogens is 416 g/mol. The number of aryl methyl sites for hydroxylation is 1. The minimum Gasteiger partial charge on any atom is -0.349 e. The Morgan fingerprint density at radius 3 is 2.42 bits per heavy atom. The molecule has 2 aromatic rings. The first kappa shape index (κ1) is 20.5. The quantitative estimate of drug-likeness (QED) is 0.704. The molecular formula is C19H23BrN2O3S. The molecule has 0 saturated carbocycles. The molecule has 0 aliphatic heterocycles. The van der Waals surface area contributed by atoms with Crippen LogP contribution in [-0.2, 0) is 10.0 Å². The first-order chi connectivity index (χ1) is 12.1. The van der Waals surface area contributed by atoms with E-state index in [2.05, 4.69) is 26.0 Å². The first-order valence-electron chi connectivity index (χ1n) is 8.30. The molecule has 2 rings (SSSR count). The Hall–Kier alpha value is -1.86. The highest BCUT2D eigenvalue weighted by atomic mass is 79.9. The van der Waals surface area contributed by atoms with Crippen LogP contribution in [0.4, 0.5) is 5.69 Å². The standard InChI is InChI=1S/C19H23BrN2O3S/c1-12(2)14(4)21-19(23)15-6-5-7-16(11-15)26(24,25)22-18-10-13(3)8-9-17(18)20/h5-12,14,22H,1-4H3,(H,21,23). The van der Waals surface area contributed by atoms with Crippen molar-refractivity contribution in [2.75, 3.05) is 4.72 Å². The van der Waals surface area contributed by atoms with E-state index in [4.69, 9.17) is 0 Å². The van der Waals surface area contributed by atoms with Gasteiger partial charge in [-0.3, -0.25) is 9.52 Å². The normalized spacial score (nSPS) is 12.7. The van der Waals surface area contributed by atoms with Gasteiger partial charge in [0, 0.05) is 16.1 Å². The van der Waals surface area contributed by atoms with Gasteiger partial charge >= 0.3 is 0 Å². The van der Waals surface area contributed by atoms with Gasteiger partial charge in [0.1, 0.15) is 0 Å². The summed E-state index contributed by atoms with van der Waals surface area (Å²) in [5.74, 6) is -0.00816. The summed E-state index contributed by atoms with van der Waals surface area (Å²) in [5.41, 5.74) is 1.69. The summed E-state index contributed by atoms with van der Waals surface area (Å²) >= 11 is 3.34. The minimum atomic E-state index is -3.81. The van der Waals surface area contributed by atoms with Crippen LogP contribution in [0.15, 0.2) is 51.8 Å². The zero-order chi connectivity index (χ0) is 19.5. The summed E-state index contributed by atoms with van der Waals surface area (Å²) in [4.78, 5) is 12.4. The summed E-state index contributed by atoms with van der Waals surface area (Å²) < 4.78 is 28.6. The number of amides is 1. The van der Waals surface area contributed by atoms with Crippen molar-refractivity contribution in [3.05, 3.63) is 58.1 Å². The Balaban J connectivity index is 2.28. The fraction of sp³-hybridized carbons (Fsp3) is 0.316. The molecule has 0 aliphatic carbocycles. The van der Waals surface area contributed by atoms with E-state index in [0.717, 1.165) is 5.56 Å². The van der Waals surface area contributed by atoms with Gasteiger partial charge in [0.25, 0.3) is 15.9 Å². The van der Waals surface area contributed by atoms with Crippen LogP contribution < -0.4 is 10.0 Å². The van der Waals surface area contributed by atoms with Crippen molar-refractivity contribution in [2.24, 2.45) is 5.92 Å². The van der Waals surface area contributed by atoms with Crippen LogP contribution in [0, 0.1) is 12.8 Å². The van der Waals surface area contributed by atoms with Crippen LogP contribution in [0.2, 0.25) is 0 Å². The van der Waals surface area contributed by atoms with E-state index in [1.807, 2.05) is 33.8 Å². The molecule has 5 nitrogen and oxygen atoms in total. The maximum atomic E-state index is 12.7. The number of anilines is 1. The van der Waals surface area contributed by atoms with Crippen molar-refractivity contribution in [1.82, 2.24) is 5.32 Å². The summed E-state index contributed by atoms with van der Waals surface area (Å²) in [5, 5.41) is 2.88. The highest BCUT2D eigenvalue weighted by molar-refractivity contribution is 9.10. The average molecular weight is 439 g/mol. The van der Waals surface area contributed by atoms with Crippen molar-refractivity contribution >= 4 is 37.5 Å². The SMILES string of the molecule is Cc1ccc(Br)c(NS(=O)(=O)c2cccc(C(=O)NC(C)C(C)C)c2)c1. The predicted molar refractivity (Wildman–Crippen MR) is 108 cm³/mol. The molecule has 0 heterocycles. The lowest BCUT2D eigenvalue weighted by Gasteiger charge is -2.17. The van der Waals surface area contributed by atoms with Gasteiger partial charge in [0.05, 0.1) is 10.6 Å². The molecule has 0 bridgehead atoms. The van der Waals surface area contributed by atoms with Gasteiger partial charge in [0.15, 0.2) is 0 Å². The highest BCUT2D eigenvalue weighted by Crippen LogP contribution is 2.26. The van der Waals surface area contributed by atoms with Gasteiger partial charge < -0.3 is 5.32 Å². The third kappa shape index (κ3) is 5.08. The molecule has 0 saturated heterocycles. The summed E-state index contributed by atoms with van der Waals surface area (Å²) in [7, 11) is -3.81. The van der Waals surface area contributed by atoms with E-state index in [1.54, 1.807) is 24.3 Å². The number of sulfonamides is 1. The van der Waals surface area contributed by atoms with Crippen molar-refractivity contribution in [2.45, 2.75) is 38.6 Å². The Morgan fingerprint density at radius 2 is 1.77 bits per heavy atom. The molecule has 1 amide bonds. The number of carbonyl (C=O) groups is 1. The highest BCUT2D eigenvalue weighted by Gasteiger charge is 2.19. The summed E-state index contributed by atoms with van der Waals surface area (Å²) in [6.45, 7) is 7.82. The molecule has 0 fully saturated rings. The lowest BCUT2D eigenvalue weighted by molar-refractivity contribution is 0.0930. The van der Waals surface area contributed by atoms with Crippen molar-refractivity contribution in [3.8, 4) is 0 Å². The number of hydrogen-bond acceptors (Lipinski definition) is 3. The fourth-order valence-electron chi connectivity index (χ4n) is 2.18. The van der Waals surface area contributed by atoms with Gasteiger partial charge in [-0.15, -0.1) is 0 Å². The van der Waals surface area contributed by atoms with E-state index in [-0.39, 0.29) is 22.8 Å². The Morgan fingerprint density at radius 1 is 1.08 bits per heavy atom. The van der Waals surface area contributed by atoms with E-state index in [1.165, 1.54) is 12.1 Å². The van der Waals surface area contributed by atoms with Gasteiger partial charge in [-0.2, -0.15) is 0 Å². The van der Waals surface area contributed by atoms with E-state index in [0.29, 0.717) is 15.7 Å². The molecule has 0 radical (unpaired) electrons. The molecule has 2 aromatic carbocycles. The van der Waals surface area contributed by atoms with Gasteiger partial charge in [-0.05, 0) is 71.6 Å². The Labute approximate surface area is 163 Å². The van der Waals surface area contributed by atoms with Gasteiger partial charge in [0.2, 0.25) is 0 Å². The Bertz CT molecular complexity index is 911. The van der Waals surface area contributed by atoms with Crippen LogP contribution in [0.1, 0.15) is 36.7 Å². The molecule has 0 aromatic heterocycles. The lowest BCUT2D eigenvalue weighted by atomic mass is 10.1. The second kappa shape index (κ2) is 8.22. The molecule has 0 aliphatic rings. The predicted octanol–water partition coefficient (Wildman–Crippen LogP) is 4.33. The van der Waals surface area contributed by atoms with Crippen molar-refractivity contribution in [3.63, 3.8) is 0 Å². The molecule has 2 N–H and O–H groups in total. The van der Waals surface area contributed by atoms with E-state index < -0.39 is 10.0 Å². The van der Waals surface area contributed by atoms with Crippen LogP contribution in [0.3, 0.4) is 0 Å². The molecule has 0 spiro atoms. The zero-order valence-corrected chi connectivity index (χ0v) is 17.6. The minimum absolute atomic E-state index is 0.0101. The van der Waals surface area contributed by atoms with Crippen LogP contribution in [0.25, 0.3) is 0 Å². The van der Waals surface area contributed by atoms with Gasteiger partial charge in [-0.1, -0.05) is 26.0 Å². The largest absolute Gasteiger partial charge is 0.349 e. The summed E-state index contributed by atoms with van der Waals surface area (Å²) in [6, 6.07) is 11.4. The maximum Gasteiger partial charge on any atom is 0.261 e. The zero-order valence-electron chi connectivity index (χ0n) is 15.2. The molecule has 1 unspecified atom stereocenters. The molecule has 1 atom stereocenters. The second-order valence-electron chi connectivity index (χ2n) is 6.62. The fourth-order valence-corrected chi connectivity index (χ4v) is 3.78. The second-order valence-corrected chi connectivity index (χ2v) is 9.16. The van der Waals surface area contributed by atoms with Crippen LogP contribution in [0.5, 0.6) is 0 Å². The number of hydrogen-bond donors (Lipinski definition) is 2. The first-order valence-corrected chi connectivity index (χ1v) is 10.6. The third-order valence-electron chi connectivity index (χ3n) is 4.13. The van der Waals surface area contributed by atoms with Crippen molar-refractivity contribution in [1.29, 1.82) is 0 Å². The monoisotopic (exact) mass is 438 g/mol. The summed E-state index contributed by atoms with van der Waals surface area (Å²) in [6.07, 6.45) is 0. The number of rotatable bonds is 6. The maximum absolute atomic E-state index is 12.7. The van der Waals surface area contributed by atoms with Crippen LogP contribution in [-0.4, -0.2) is 20.4 Å². The number of halogens is 1. The smallest absolute Gasteiger partial charge is 0.261 e. The van der Waals surface area contributed by atoms with E-state index >= 15 is 0 Å². The third-order valence-corrected chi connectivity index (χ3v) is 6.19. The topological polar surface area (TPSA) is 75.3 Å². The van der Waals surface area contributed by atoms with E-state index in [9.17, 15) is 13.2 Å².